The van der Waals surface area contributed by atoms with Crippen molar-refractivity contribution in [3.05, 3.63) is 12.7 Å². The molecule has 21 heavy (non-hydrogen) atoms. The molecule has 2 fully saturated rings. The van der Waals surface area contributed by atoms with Crippen molar-refractivity contribution in [2.45, 2.75) is 64.0 Å². The van der Waals surface area contributed by atoms with Crippen molar-refractivity contribution in [3.8, 4) is 6.07 Å². The standard InChI is InChI=1S/C17H27N3O/c1-4-7-14-16(2,3)8-6-11-20(14)12-15(21)19-17(13-18)9-5-10-17/h4,14H,1,5-12H2,2-3H3,(H,19,21). The first-order valence-corrected chi connectivity index (χ1v) is 8.00. The van der Waals surface area contributed by atoms with Gasteiger partial charge >= 0.3 is 0 Å². The Hall–Kier alpha value is -1.34. The lowest BCUT2D eigenvalue weighted by Gasteiger charge is -2.46. The van der Waals surface area contributed by atoms with E-state index < -0.39 is 5.54 Å². The first-order valence-electron chi connectivity index (χ1n) is 8.00. The van der Waals surface area contributed by atoms with Gasteiger partial charge in [0, 0.05) is 6.04 Å². The fourth-order valence-electron chi connectivity index (χ4n) is 3.66. The monoisotopic (exact) mass is 289 g/mol. The number of nitrogens with zero attached hydrogens (tertiary/aromatic N) is 2. The molecule has 116 valence electrons. The number of hydrogen-bond donors (Lipinski definition) is 1. The van der Waals surface area contributed by atoms with Crippen LogP contribution < -0.4 is 5.32 Å². The number of piperidine rings is 1. The highest BCUT2D eigenvalue weighted by Gasteiger charge is 2.41. The van der Waals surface area contributed by atoms with Crippen molar-refractivity contribution >= 4 is 5.91 Å². The van der Waals surface area contributed by atoms with Crippen LogP contribution in [-0.4, -0.2) is 35.5 Å². The molecule has 0 aromatic heterocycles. The fraction of sp³-hybridized carbons (Fsp3) is 0.765. The summed E-state index contributed by atoms with van der Waals surface area (Å²) in [6, 6.07) is 2.62. The van der Waals surface area contributed by atoms with Crippen LogP contribution in [-0.2, 0) is 4.79 Å². The zero-order valence-electron chi connectivity index (χ0n) is 13.3. The van der Waals surface area contributed by atoms with Crippen molar-refractivity contribution in [3.63, 3.8) is 0 Å². The molecule has 2 rings (SSSR count). The van der Waals surface area contributed by atoms with Crippen LogP contribution in [0.3, 0.4) is 0 Å². The van der Waals surface area contributed by atoms with E-state index in [1.807, 2.05) is 6.08 Å². The van der Waals surface area contributed by atoms with Crippen LogP contribution >= 0.6 is 0 Å². The van der Waals surface area contributed by atoms with Gasteiger partial charge in [-0.25, -0.2) is 0 Å². The first-order chi connectivity index (χ1) is 9.92. The minimum Gasteiger partial charge on any atom is -0.337 e. The summed E-state index contributed by atoms with van der Waals surface area (Å²) < 4.78 is 0. The molecule has 1 N–H and O–H groups in total. The second-order valence-corrected chi connectivity index (χ2v) is 7.20. The van der Waals surface area contributed by atoms with E-state index >= 15 is 0 Å². The summed E-state index contributed by atoms with van der Waals surface area (Å²) in [5, 5.41) is 12.2. The van der Waals surface area contributed by atoms with Gasteiger partial charge in [0.1, 0.15) is 5.54 Å². The largest absolute Gasteiger partial charge is 0.337 e. The van der Waals surface area contributed by atoms with Crippen LogP contribution in [0, 0.1) is 16.7 Å². The van der Waals surface area contributed by atoms with E-state index in [-0.39, 0.29) is 11.3 Å². The number of nitrogens with one attached hydrogen (secondary N) is 1. The van der Waals surface area contributed by atoms with Crippen molar-refractivity contribution in [2.24, 2.45) is 5.41 Å². The second kappa shape index (κ2) is 6.19. The predicted octanol–water partition coefficient (Wildman–Crippen LogP) is 2.62. The molecule has 0 aromatic carbocycles. The maximum absolute atomic E-state index is 12.3. The van der Waals surface area contributed by atoms with Gasteiger partial charge in [0.15, 0.2) is 0 Å². The lowest BCUT2D eigenvalue weighted by molar-refractivity contribution is -0.126. The third-order valence-corrected chi connectivity index (χ3v) is 5.15. The molecule has 2 aliphatic rings. The topological polar surface area (TPSA) is 56.1 Å². The number of hydrogen-bond acceptors (Lipinski definition) is 3. The van der Waals surface area contributed by atoms with Crippen LogP contribution in [0.1, 0.15) is 52.4 Å². The number of carbonyl (C=O) groups is 1. The molecule has 1 aliphatic heterocycles. The third kappa shape index (κ3) is 3.47. The number of likely N-dealkylation sites (tertiary alicyclic amines) is 1. The molecule has 4 nitrogen and oxygen atoms in total. The summed E-state index contributed by atoms with van der Waals surface area (Å²) in [4.78, 5) is 14.6. The van der Waals surface area contributed by atoms with Crippen molar-refractivity contribution in [1.82, 2.24) is 10.2 Å². The van der Waals surface area contributed by atoms with Gasteiger partial charge in [-0.15, -0.1) is 6.58 Å². The zero-order valence-corrected chi connectivity index (χ0v) is 13.3. The Bertz CT molecular complexity index is 445. The quantitative estimate of drug-likeness (QED) is 0.792. The van der Waals surface area contributed by atoms with E-state index in [9.17, 15) is 10.1 Å². The molecule has 1 heterocycles. The first kappa shape index (κ1) is 16.0. The average molecular weight is 289 g/mol. The Balaban J connectivity index is 1.98. The van der Waals surface area contributed by atoms with Gasteiger partial charge in [-0.05, 0) is 50.5 Å². The van der Waals surface area contributed by atoms with E-state index in [0.29, 0.717) is 12.6 Å². The maximum Gasteiger partial charge on any atom is 0.235 e. The van der Waals surface area contributed by atoms with Crippen molar-refractivity contribution in [2.75, 3.05) is 13.1 Å². The van der Waals surface area contributed by atoms with Gasteiger partial charge in [-0.2, -0.15) is 5.26 Å². The highest BCUT2D eigenvalue weighted by molar-refractivity contribution is 5.79. The molecule has 1 saturated heterocycles. The lowest BCUT2D eigenvalue weighted by atomic mass is 9.75. The maximum atomic E-state index is 12.3. The van der Waals surface area contributed by atoms with E-state index in [1.54, 1.807) is 0 Å². The summed E-state index contributed by atoms with van der Waals surface area (Å²) >= 11 is 0. The van der Waals surface area contributed by atoms with Gasteiger partial charge in [0.2, 0.25) is 5.91 Å². The normalized spacial score (nSPS) is 27.2. The van der Waals surface area contributed by atoms with Gasteiger partial charge < -0.3 is 5.32 Å². The molecular formula is C17H27N3O. The lowest BCUT2D eigenvalue weighted by Crippen LogP contribution is -2.57. The minimum absolute atomic E-state index is 0.0111. The van der Waals surface area contributed by atoms with Crippen LogP contribution in [0.2, 0.25) is 0 Å². The van der Waals surface area contributed by atoms with E-state index in [1.165, 1.54) is 6.42 Å². The average Bonchev–Trinajstić information content (AvgIpc) is 2.38. The second-order valence-electron chi connectivity index (χ2n) is 7.20. The smallest absolute Gasteiger partial charge is 0.235 e. The molecule has 1 atom stereocenters. The van der Waals surface area contributed by atoms with Crippen LogP contribution in [0.15, 0.2) is 12.7 Å². The van der Waals surface area contributed by atoms with Crippen molar-refractivity contribution < 1.29 is 4.79 Å². The molecule has 0 aromatic rings. The highest BCUT2D eigenvalue weighted by Crippen LogP contribution is 2.37. The van der Waals surface area contributed by atoms with Gasteiger partial charge in [0.05, 0.1) is 12.6 Å². The Morgan fingerprint density at radius 2 is 2.14 bits per heavy atom. The number of carbonyl (C=O) groups excluding carboxylic acids is 1. The Labute approximate surface area is 128 Å². The molecule has 0 spiro atoms. The molecule has 0 radical (unpaired) electrons. The highest BCUT2D eigenvalue weighted by atomic mass is 16.2. The molecule has 1 aliphatic carbocycles. The zero-order chi connectivity index (χ0) is 15.5. The van der Waals surface area contributed by atoms with Crippen molar-refractivity contribution in [1.29, 1.82) is 5.26 Å². The van der Waals surface area contributed by atoms with Gasteiger partial charge in [0.25, 0.3) is 0 Å². The molecule has 4 heteroatoms. The summed E-state index contributed by atoms with van der Waals surface area (Å²) in [6.45, 7) is 9.75. The molecule has 1 saturated carbocycles. The minimum atomic E-state index is -0.587. The SMILES string of the molecule is C=CCC1N(CC(=O)NC2(C#N)CCC2)CCCC1(C)C. The summed E-state index contributed by atoms with van der Waals surface area (Å²) in [6.07, 6.45) is 7.77. The number of nitriles is 1. The van der Waals surface area contributed by atoms with E-state index in [0.717, 1.165) is 38.6 Å². The summed E-state index contributed by atoms with van der Waals surface area (Å²) in [5.74, 6) is -0.0111. The summed E-state index contributed by atoms with van der Waals surface area (Å²) in [5.41, 5.74) is -0.383. The van der Waals surface area contributed by atoms with E-state index in [2.05, 4.69) is 36.7 Å². The summed E-state index contributed by atoms with van der Waals surface area (Å²) in [7, 11) is 0. The van der Waals surface area contributed by atoms with Gasteiger partial charge in [-0.1, -0.05) is 19.9 Å². The molecule has 1 unspecified atom stereocenters. The van der Waals surface area contributed by atoms with Crippen LogP contribution in [0.25, 0.3) is 0 Å². The van der Waals surface area contributed by atoms with Gasteiger partial charge in [-0.3, -0.25) is 9.69 Å². The Morgan fingerprint density at radius 3 is 2.67 bits per heavy atom. The van der Waals surface area contributed by atoms with Crippen LogP contribution in [0.5, 0.6) is 0 Å². The van der Waals surface area contributed by atoms with E-state index in [4.69, 9.17) is 0 Å². The fourth-order valence-corrected chi connectivity index (χ4v) is 3.66. The number of amides is 1. The van der Waals surface area contributed by atoms with Crippen LogP contribution in [0.4, 0.5) is 0 Å². The molecule has 1 amide bonds. The molecular weight excluding hydrogens is 262 g/mol. The Morgan fingerprint density at radius 1 is 1.43 bits per heavy atom. The Kier molecular flexibility index (Phi) is 4.73. The number of rotatable bonds is 5. The third-order valence-electron chi connectivity index (χ3n) is 5.15. The molecule has 0 bridgehead atoms. The predicted molar refractivity (Wildman–Crippen MR) is 83.5 cm³/mol.